The maximum atomic E-state index is 6.28. The van der Waals surface area contributed by atoms with Gasteiger partial charge in [-0.1, -0.05) is 0 Å². The number of rotatable bonds is 5. The second-order valence-electron chi connectivity index (χ2n) is 7.44. The summed E-state index contributed by atoms with van der Waals surface area (Å²) in [6.07, 6.45) is 2.82. The number of furan rings is 1. The molecule has 0 radical (unpaired) electrons. The quantitative estimate of drug-likeness (QED) is 0.831. The van der Waals surface area contributed by atoms with Crippen molar-refractivity contribution in [3.8, 4) is 0 Å². The molecule has 0 bridgehead atoms. The normalized spacial score (nSPS) is 29.7. The van der Waals surface area contributed by atoms with Crippen LogP contribution in [0.15, 0.2) is 22.8 Å². The second kappa shape index (κ2) is 7.34. The van der Waals surface area contributed by atoms with E-state index >= 15 is 0 Å². The van der Waals surface area contributed by atoms with Gasteiger partial charge in [-0.3, -0.25) is 4.90 Å². The van der Waals surface area contributed by atoms with Crippen LogP contribution in [-0.2, 0) is 16.0 Å². The molecule has 0 aromatic carbocycles. The lowest BCUT2D eigenvalue weighted by Gasteiger charge is -2.31. The van der Waals surface area contributed by atoms with E-state index in [-0.39, 0.29) is 5.60 Å². The third-order valence-corrected chi connectivity index (χ3v) is 5.10. The third-order valence-electron chi connectivity index (χ3n) is 5.10. The van der Waals surface area contributed by atoms with E-state index in [1.54, 1.807) is 6.26 Å². The Labute approximate surface area is 139 Å². The topological polar surface area (TPSA) is 38.1 Å². The Hall–Kier alpha value is -0.880. The van der Waals surface area contributed by atoms with Crippen LogP contribution in [0.4, 0.5) is 0 Å². The number of hydrogen-bond donors (Lipinski definition) is 0. The maximum absolute atomic E-state index is 6.28. The summed E-state index contributed by atoms with van der Waals surface area (Å²) in [7, 11) is 2.20. The Morgan fingerprint density at radius 2 is 2.30 bits per heavy atom. The molecule has 1 aromatic rings. The average Bonchev–Trinajstić information content (AvgIpc) is 3.09. The van der Waals surface area contributed by atoms with Crippen molar-refractivity contribution in [2.24, 2.45) is 5.92 Å². The minimum absolute atomic E-state index is 0.147. The van der Waals surface area contributed by atoms with E-state index in [0.717, 1.165) is 51.6 Å². The fraction of sp³-hybridized carbons (Fsp3) is 0.778. The van der Waals surface area contributed by atoms with Crippen LogP contribution in [0, 0.1) is 5.92 Å². The van der Waals surface area contributed by atoms with Crippen molar-refractivity contribution in [1.82, 2.24) is 9.80 Å². The summed E-state index contributed by atoms with van der Waals surface area (Å²) >= 11 is 0. The summed E-state index contributed by atoms with van der Waals surface area (Å²) < 4.78 is 17.6. The van der Waals surface area contributed by atoms with Crippen LogP contribution in [0.2, 0.25) is 0 Å². The molecule has 2 fully saturated rings. The largest absolute Gasteiger partial charge is 0.468 e. The first-order valence-electron chi connectivity index (χ1n) is 8.73. The first-order chi connectivity index (χ1) is 11.1. The third kappa shape index (κ3) is 4.35. The summed E-state index contributed by atoms with van der Waals surface area (Å²) in [5, 5.41) is 0. The fourth-order valence-corrected chi connectivity index (χ4v) is 3.63. The van der Waals surface area contributed by atoms with Crippen molar-refractivity contribution in [3.63, 3.8) is 0 Å². The Balaban J connectivity index is 1.59. The van der Waals surface area contributed by atoms with Gasteiger partial charge >= 0.3 is 0 Å². The molecule has 3 rings (SSSR count). The van der Waals surface area contributed by atoms with E-state index < -0.39 is 0 Å². The van der Waals surface area contributed by atoms with Gasteiger partial charge in [-0.2, -0.15) is 0 Å². The highest BCUT2D eigenvalue weighted by atomic mass is 16.5. The molecule has 0 unspecified atom stereocenters. The van der Waals surface area contributed by atoms with Gasteiger partial charge in [0.1, 0.15) is 11.4 Å². The Bertz CT molecular complexity index is 477. The van der Waals surface area contributed by atoms with E-state index in [1.165, 1.54) is 0 Å². The molecule has 2 aliphatic rings. The molecular formula is C18H30N2O3. The van der Waals surface area contributed by atoms with Crippen molar-refractivity contribution < 1.29 is 13.9 Å². The van der Waals surface area contributed by atoms with Crippen molar-refractivity contribution in [2.75, 3.05) is 46.5 Å². The van der Waals surface area contributed by atoms with Crippen LogP contribution in [0.5, 0.6) is 0 Å². The van der Waals surface area contributed by atoms with Crippen LogP contribution < -0.4 is 0 Å². The van der Waals surface area contributed by atoms with Crippen LogP contribution in [0.1, 0.15) is 26.0 Å². The molecule has 23 heavy (non-hydrogen) atoms. The Kier molecular flexibility index (Phi) is 5.42. The van der Waals surface area contributed by atoms with Crippen molar-refractivity contribution >= 4 is 0 Å². The molecule has 5 nitrogen and oxygen atoms in total. The summed E-state index contributed by atoms with van der Waals surface area (Å²) in [5.74, 6) is 1.60. The zero-order valence-electron chi connectivity index (χ0n) is 14.7. The molecule has 0 N–H and O–H groups in total. The highest BCUT2D eigenvalue weighted by molar-refractivity contribution is 5.00. The summed E-state index contributed by atoms with van der Waals surface area (Å²) in [6, 6.07) is 4.56. The molecule has 2 aliphatic heterocycles. The molecule has 2 saturated heterocycles. The molecule has 3 heterocycles. The first-order valence-corrected chi connectivity index (χ1v) is 8.73. The molecule has 2 atom stereocenters. The minimum atomic E-state index is -0.147. The molecule has 0 amide bonds. The van der Waals surface area contributed by atoms with E-state index in [4.69, 9.17) is 13.9 Å². The van der Waals surface area contributed by atoms with Gasteiger partial charge in [0.25, 0.3) is 0 Å². The maximum Gasteiger partial charge on any atom is 0.117 e. The Morgan fingerprint density at radius 3 is 3.04 bits per heavy atom. The van der Waals surface area contributed by atoms with E-state index in [2.05, 4.69) is 30.7 Å². The zero-order valence-corrected chi connectivity index (χ0v) is 14.7. The summed E-state index contributed by atoms with van der Waals surface area (Å²) in [6.45, 7) is 10.6. The lowest BCUT2D eigenvalue weighted by molar-refractivity contribution is -0.0566. The molecule has 0 saturated carbocycles. The van der Waals surface area contributed by atoms with Gasteiger partial charge in [-0.15, -0.1) is 0 Å². The predicted octanol–water partition coefficient (Wildman–Crippen LogP) is 2.23. The van der Waals surface area contributed by atoms with Crippen LogP contribution >= 0.6 is 0 Å². The van der Waals surface area contributed by atoms with Crippen LogP contribution in [-0.4, -0.2) is 67.9 Å². The van der Waals surface area contributed by atoms with Crippen molar-refractivity contribution in [2.45, 2.75) is 38.5 Å². The van der Waals surface area contributed by atoms with Gasteiger partial charge in [0, 0.05) is 25.7 Å². The van der Waals surface area contributed by atoms with Gasteiger partial charge in [0.2, 0.25) is 0 Å². The van der Waals surface area contributed by atoms with Gasteiger partial charge in [-0.25, -0.2) is 0 Å². The number of nitrogens with zero attached hydrogens (tertiary/aromatic N) is 2. The molecule has 130 valence electrons. The van der Waals surface area contributed by atoms with Crippen LogP contribution in [0.3, 0.4) is 0 Å². The van der Waals surface area contributed by atoms with Gasteiger partial charge in [-0.05, 0) is 45.4 Å². The SMILES string of the molecule is CC(C)N(C)C[C@H]1CO[C@@]2(COCCN(Cc3ccco3)C2)C1. The fourth-order valence-electron chi connectivity index (χ4n) is 3.63. The standard InChI is InChI=1S/C18H30N2O3/c1-15(2)19(3)10-16-9-18(23-12-16)13-20(6-8-21-14-18)11-17-5-4-7-22-17/h4-5,7,15-16H,6,8-14H2,1-3H3/t16-,18-/m0/s1. The monoisotopic (exact) mass is 322 g/mol. The van der Waals surface area contributed by atoms with Crippen molar-refractivity contribution in [1.29, 1.82) is 0 Å². The van der Waals surface area contributed by atoms with Crippen LogP contribution in [0.25, 0.3) is 0 Å². The van der Waals surface area contributed by atoms with Gasteiger partial charge in [0.15, 0.2) is 0 Å². The molecule has 1 aromatic heterocycles. The zero-order chi connectivity index (χ0) is 16.3. The highest BCUT2D eigenvalue weighted by Crippen LogP contribution is 2.33. The molecule has 1 spiro atoms. The first kappa shape index (κ1) is 17.0. The van der Waals surface area contributed by atoms with E-state index in [0.29, 0.717) is 18.6 Å². The summed E-state index contributed by atoms with van der Waals surface area (Å²) in [5.41, 5.74) is -0.147. The van der Waals surface area contributed by atoms with E-state index in [1.807, 2.05) is 12.1 Å². The molecule has 5 heteroatoms. The highest BCUT2D eigenvalue weighted by Gasteiger charge is 2.43. The number of hydrogen-bond acceptors (Lipinski definition) is 5. The number of ether oxygens (including phenoxy) is 2. The minimum Gasteiger partial charge on any atom is -0.468 e. The average molecular weight is 322 g/mol. The second-order valence-corrected chi connectivity index (χ2v) is 7.44. The van der Waals surface area contributed by atoms with E-state index in [9.17, 15) is 0 Å². The predicted molar refractivity (Wildman–Crippen MR) is 89.4 cm³/mol. The van der Waals surface area contributed by atoms with Crippen molar-refractivity contribution in [3.05, 3.63) is 24.2 Å². The lowest BCUT2D eigenvalue weighted by atomic mass is 9.93. The van der Waals surface area contributed by atoms with Gasteiger partial charge < -0.3 is 18.8 Å². The lowest BCUT2D eigenvalue weighted by Crippen LogP contribution is -2.44. The smallest absolute Gasteiger partial charge is 0.117 e. The molecular weight excluding hydrogens is 292 g/mol. The van der Waals surface area contributed by atoms with Gasteiger partial charge in [0.05, 0.1) is 32.6 Å². The molecule has 0 aliphatic carbocycles. The Morgan fingerprint density at radius 1 is 1.43 bits per heavy atom. The summed E-state index contributed by atoms with van der Waals surface area (Å²) in [4.78, 5) is 4.81.